The lowest BCUT2D eigenvalue weighted by atomic mass is 10.2. The zero-order valence-electron chi connectivity index (χ0n) is 25.2. The number of rotatable bonds is 15. The van der Waals surface area contributed by atoms with Gasteiger partial charge in [-0.2, -0.15) is 5.26 Å². The second-order valence-electron chi connectivity index (χ2n) is 9.73. The van der Waals surface area contributed by atoms with Gasteiger partial charge in [-0.15, -0.1) is 11.8 Å². The van der Waals surface area contributed by atoms with Crippen LogP contribution in [0.5, 0.6) is 5.75 Å². The van der Waals surface area contributed by atoms with Crippen molar-refractivity contribution in [2.45, 2.75) is 19.9 Å². The average Bonchev–Trinajstić information content (AvgIpc) is 3.05. The summed E-state index contributed by atoms with van der Waals surface area (Å²) in [6.45, 7) is 9.31. The Bertz CT molecular complexity index is 1380. The molecule has 1 aliphatic heterocycles. The van der Waals surface area contributed by atoms with Crippen molar-refractivity contribution >= 4 is 35.2 Å². The Morgan fingerprint density at radius 2 is 1.86 bits per heavy atom. The van der Waals surface area contributed by atoms with E-state index in [1.54, 1.807) is 37.6 Å². The first-order valence-corrected chi connectivity index (χ1v) is 15.6. The first-order valence-electron chi connectivity index (χ1n) is 14.3. The molecule has 2 aromatic rings. The Hall–Kier alpha value is -4.53. The number of ether oxygens (including phenoxy) is 2. The Labute approximate surface area is 263 Å². The first-order chi connectivity index (χ1) is 21.4. The van der Waals surface area contributed by atoms with E-state index in [0.717, 1.165) is 37.1 Å². The molecule has 2 aromatic carbocycles. The number of nitriles is 1. The summed E-state index contributed by atoms with van der Waals surface area (Å²) < 4.78 is 10.8. The minimum Gasteiger partial charge on any atom is -0.484 e. The fourth-order valence-corrected chi connectivity index (χ4v) is 5.29. The number of benzene rings is 2. The number of hydrogen-bond acceptors (Lipinski definition) is 9. The fourth-order valence-electron chi connectivity index (χ4n) is 4.50. The maximum atomic E-state index is 12.9. The SMILES string of the molecule is C=CCOC(=O)/C(C#N)=C(\SC)N(CC)C(=O)C/C=C\Nc1cccc(OCC(=O)N2CCN(Cc3ccccc3)CC2)c1. The van der Waals surface area contributed by atoms with Gasteiger partial charge in [0.05, 0.1) is 0 Å². The molecule has 2 amide bonds. The summed E-state index contributed by atoms with van der Waals surface area (Å²) in [5.41, 5.74) is 1.77. The van der Waals surface area contributed by atoms with Crippen LogP contribution < -0.4 is 10.1 Å². The minimum atomic E-state index is -0.801. The number of piperazine rings is 1. The van der Waals surface area contributed by atoms with Crippen LogP contribution in [0.25, 0.3) is 0 Å². The lowest BCUT2D eigenvalue weighted by Crippen LogP contribution is -2.49. The van der Waals surface area contributed by atoms with Gasteiger partial charge in [0.2, 0.25) is 5.91 Å². The Kier molecular flexibility index (Phi) is 14.1. The lowest BCUT2D eigenvalue weighted by Gasteiger charge is -2.34. The highest BCUT2D eigenvalue weighted by molar-refractivity contribution is 8.02. The van der Waals surface area contributed by atoms with Crippen molar-refractivity contribution in [3.05, 3.63) is 95.7 Å². The third kappa shape index (κ3) is 10.3. The van der Waals surface area contributed by atoms with Gasteiger partial charge in [-0.25, -0.2) is 4.79 Å². The molecule has 1 saturated heterocycles. The molecule has 10 nitrogen and oxygen atoms in total. The van der Waals surface area contributed by atoms with Crippen LogP contribution in [0.15, 0.2) is 90.1 Å². The van der Waals surface area contributed by atoms with E-state index in [4.69, 9.17) is 9.47 Å². The first kappa shape index (κ1) is 34.0. The highest BCUT2D eigenvalue weighted by atomic mass is 32.2. The molecule has 1 aliphatic rings. The van der Waals surface area contributed by atoms with E-state index in [-0.39, 0.29) is 48.6 Å². The number of nitrogens with zero attached hydrogens (tertiary/aromatic N) is 4. The molecule has 11 heteroatoms. The van der Waals surface area contributed by atoms with E-state index in [0.29, 0.717) is 18.8 Å². The number of carbonyl (C=O) groups excluding carboxylic acids is 3. The van der Waals surface area contributed by atoms with Crippen LogP contribution in [0.3, 0.4) is 0 Å². The molecule has 0 aromatic heterocycles. The van der Waals surface area contributed by atoms with Gasteiger partial charge < -0.3 is 24.6 Å². The van der Waals surface area contributed by atoms with Crippen LogP contribution >= 0.6 is 11.8 Å². The molecule has 0 bridgehead atoms. The molecule has 44 heavy (non-hydrogen) atoms. The fraction of sp³-hybridized carbons (Fsp3) is 0.333. The van der Waals surface area contributed by atoms with E-state index in [2.05, 4.69) is 28.9 Å². The van der Waals surface area contributed by atoms with Crippen LogP contribution in [-0.4, -0.2) is 84.7 Å². The number of esters is 1. The number of nitrogens with one attached hydrogen (secondary N) is 1. The molecule has 3 rings (SSSR count). The maximum Gasteiger partial charge on any atom is 0.351 e. The quantitative estimate of drug-likeness (QED) is 0.134. The van der Waals surface area contributed by atoms with Gasteiger partial charge in [0.15, 0.2) is 12.2 Å². The van der Waals surface area contributed by atoms with Crippen molar-refractivity contribution in [1.82, 2.24) is 14.7 Å². The second-order valence-corrected chi connectivity index (χ2v) is 10.5. The number of anilines is 1. The zero-order valence-corrected chi connectivity index (χ0v) is 26.1. The number of amides is 2. The highest BCUT2D eigenvalue weighted by Gasteiger charge is 2.24. The third-order valence-corrected chi connectivity index (χ3v) is 7.56. The van der Waals surface area contributed by atoms with Crippen molar-refractivity contribution in [1.29, 1.82) is 5.26 Å². The third-order valence-electron chi connectivity index (χ3n) is 6.75. The largest absolute Gasteiger partial charge is 0.484 e. The van der Waals surface area contributed by atoms with E-state index >= 15 is 0 Å². The molecule has 1 N–H and O–H groups in total. The predicted molar refractivity (Wildman–Crippen MR) is 172 cm³/mol. The summed E-state index contributed by atoms with van der Waals surface area (Å²) in [6, 6.07) is 19.4. The molecule has 0 spiro atoms. The zero-order chi connectivity index (χ0) is 31.7. The van der Waals surface area contributed by atoms with Gasteiger partial charge in [0, 0.05) is 57.4 Å². The average molecular weight is 618 g/mol. The topological polar surface area (TPSA) is 115 Å². The number of thioether (sulfide) groups is 1. The van der Waals surface area contributed by atoms with Crippen molar-refractivity contribution in [3.8, 4) is 11.8 Å². The molecular formula is C33H39N5O5S. The van der Waals surface area contributed by atoms with Crippen molar-refractivity contribution in [2.24, 2.45) is 0 Å². The molecule has 0 radical (unpaired) electrons. The van der Waals surface area contributed by atoms with E-state index < -0.39 is 5.97 Å². The molecule has 1 heterocycles. The Balaban J connectivity index is 1.47. The predicted octanol–water partition coefficient (Wildman–Crippen LogP) is 4.40. The van der Waals surface area contributed by atoms with E-state index in [1.165, 1.54) is 16.5 Å². The van der Waals surface area contributed by atoms with E-state index in [1.807, 2.05) is 41.3 Å². The van der Waals surface area contributed by atoms with Gasteiger partial charge in [-0.3, -0.25) is 14.5 Å². The Morgan fingerprint density at radius 1 is 1.11 bits per heavy atom. The monoisotopic (exact) mass is 617 g/mol. The van der Waals surface area contributed by atoms with Gasteiger partial charge in [0.1, 0.15) is 23.5 Å². The van der Waals surface area contributed by atoms with Gasteiger partial charge in [-0.1, -0.05) is 55.1 Å². The van der Waals surface area contributed by atoms with Gasteiger partial charge >= 0.3 is 5.97 Å². The summed E-state index contributed by atoms with van der Waals surface area (Å²) in [5, 5.41) is 12.9. The molecule has 232 valence electrons. The van der Waals surface area contributed by atoms with Crippen molar-refractivity contribution in [3.63, 3.8) is 0 Å². The highest BCUT2D eigenvalue weighted by Crippen LogP contribution is 2.24. The summed E-state index contributed by atoms with van der Waals surface area (Å²) in [6.07, 6.45) is 6.42. The van der Waals surface area contributed by atoms with Crippen LogP contribution in [0.1, 0.15) is 18.9 Å². The molecule has 0 atom stereocenters. The standard InChI is InChI=1S/C33H39N5O5S/c1-4-21-42-33(41)29(23-34)32(44-3)38(5-2)30(39)15-10-16-35-27-13-9-14-28(22-27)43-25-31(40)37-19-17-36(18-20-37)24-26-11-7-6-8-12-26/h4,6-14,16,22,35H,1,5,15,17-21,24-25H2,2-3H3/b16-10-,32-29-. The van der Waals surface area contributed by atoms with Gasteiger partial charge in [-0.05, 0) is 37.1 Å². The van der Waals surface area contributed by atoms with Crippen LogP contribution in [0.4, 0.5) is 5.69 Å². The van der Waals surface area contributed by atoms with Crippen LogP contribution in [0, 0.1) is 11.3 Å². The second kappa shape index (κ2) is 18.2. The minimum absolute atomic E-state index is 0.0322. The van der Waals surface area contributed by atoms with Gasteiger partial charge in [0.25, 0.3) is 5.91 Å². The number of hydrogen-bond donors (Lipinski definition) is 1. The molecular weight excluding hydrogens is 578 g/mol. The smallest absolute Gasteiger partial charge is 0.351 e. The number of carbonyl (C=O) groups is 3. The summed E-state index contributed by atoms with van der Waals surface area (Å²) in [4.78, 5) is 43.6. The molecule has 0 aliphatic carbocycles. The van der Waals surface area contributed by atoms with E-state index in [9.17, 15) is 19.6 Å². The summed E-state index contributed by atoms with van der Waals surface area (Å²) in [5.74, 6) is -0.579. The molecule has 0 saturated carbocycles. The molecule has 0 unspecified atom stereocenters. The van der Waals surface area contributed by atoms with Crippen LogP contribution in [-0.2, 0) is 25.7 Å². The summed E-state index contributed by atoms with van der Waals surface area (Å²) >= 11 is 1.13. The lowest BCUT2D eigenvalue weighted by molar-refractivity contribution is -0.137. The maximum absolute atomic E-state index is 12.9. The van der Waals surface area contributed by atoms with Crippen LogP contribution in [0.2, 0.25) is 0 Å². The van der Waals surface area contributed by atoms with Crippen molar-refractivity contribution < 1.29 is 23.9 Å². The Morgan fingerprint density at radius 3 is 2.52 bits per heavy atom. The molecule has 1 fully saturated rings. The summed E-state index contributed by atoms with van der Waals surface area (Å²) in [7, 11) is 0. The normalized spacial score (nSPS) is 13.9. The van der Waals surface area contributed by atoms with Crippen molar-refractivity contribution in [2.75, 3.05) is 57.5 Å².